The van der Waals surface area contributed by atoms with Crippen molar-refractivity contribution in [1.29, 1.82) is 0 Å². The summed E-state index contributed by atoms with van der Waals surface area (Å²) in [7, 11) is 0. The van der Waals surface area contributed by atoms with Crippen molar-refractivity contribution in [2.24, 2.45) is 0 Å². The molecular weight excluding hydrogens is 200 g/mol. The van der Waals surface area contributed by atoms with Crippen molar-refractivity contribution >= 4 is 27.3 Å². The second kappa shape index (κ2) is 2.02. The first-order valence-electron chi connectivity index (χ1n) is 2.85. The van der Waals surface area contributed by atoms with Gasteiger partial charge in [0.05, 0.1) is 0 Å². The van der Waals surface area contributed by atoms with Gasteiger partial charge in [-0.25, -0.2) is 0 Å². The zero-order chi connectivity index (χ0) is 6.27. The predicted molar refractivity (Wildman–Crippen MR) is 39.6 cm³/mol. The molecular formula is C5H5BrN2S. The van der Waals surface area contributed by atoms with Crippen molar-refractivity contribution in [2.45, 2.75) is 18.8 Å². The molecule has 0 spiro atoms. The number of hydrogen-bond donors (Lipinski definition) is 0. The summed E-state index contributed by atoms with van der Waals surface area (Å²) in [5.74, 6) is 0.744. The molecule has 1 aromatic heterocycles. The van der Waals surface area contributed by atoms with Crippen LogP contribution in [0.5, 0.6) is 0 Å². The molecule has 0 aliphatic heterocycles. The summed E-state index contributed by atoms with van der Waals surface area (Å²) < 4.78 is 0.907. The van der Waals surface area contributed by atoms with E-state index in [4.69, 9.17) is 0 Å². The lowest BCUT2D eigenvalue weighted by molar-refractivity contribution is 0.967. The van der Waals surface area contributed by atoms with Gasteiger partial charge >= 0.3 is 0 Å². The molecule has 1 aliphatic rings. The van der Waals surface area contributed by atoms with Gasteiger partial charge in [0.2, 0.25) is 0 Å². The average Bonchev–Trinajstić information content (AvgIpc) is 2.58. The van der Waals surface area contributed by atoms with Crippen LogP contribution in [-0.2, 0) is 0 Å². The van der Waals surface area contributed by atoms with Crippen molar-refractivity contribution in [3.63, 3.8) is 0 Å². The van der Waals surface area contributed by atoms with E-state index in [1.807, 2.05) is 0 Å². The van der Waals surface area contributed by atoms with E-state index < -0.39 is 0 Å². The zero-order valence-corrected chi connectivity index (χ0v) is 7.07. The fourth-order valence-electron chi connectivity index (χ4n) is 0.711. The Labute approximate surface area is 65.4 Å². The molecule has 4 heteroatoms. The minimum atomic E-state index is 0.744. The Morgan fingerprint density at radius 3 is 2.67 bits per heavy atom. The van der Waals surface area contributed by atoms with E-state index in [-0.39, 0.29) is 0 Å². The second-order valence-electron chi connectivity index (χ2n) is 2.17. The molecule has 1 aromatic rings. The molecule has 0 bridgehead atoms. The molecule has 1 fully saturated rings. The summed E-state index contributed by atoms with van der Waals surface area (Å²) >= 11 is 4.93. The van der Waals surface area contributed by atoms with Gasteiger partial charge in [0.25, 0.3) is 0 Å². The van der Waals surface area contributed by atoms with E-state index in [1.165, 1.54) is 17.8 Å². The highest BCUT2D eigenvalue weighted by Crippen LogP contribution is 2.41. The van der Waals surface area contributed by atoms with Gasteiger partial charge in [0.1, 0.15) is 5.01 Å². The van der Waals surface area contributed by atoms with E-state index >= 15 is 0 Å². The second-order valence-corrected chi connectivity index (χ2v) is 4.45. The zero-order valence-electron chi connectivity index (χ0n) is 4.67. The van der Waals surface area contributed by atoms with Gasteiger partial charge in [-0.05, 0) is 28.8 Å². The molecule has 2 nitrogen and oxygen atoms in total. The van der Waals surface area contributed by atoms with Crippen LogP contribution in [0.3, 0.4) is 0 Å². The number of halogens is 1. The Morgan fingerprint density at radius 2 is 2.22 bits per heavy atom. The fourth-order valence-corrected chi connectivity index (χ4v) is 2.03. The van der Waals surface area contributed by atoms with Crippen LogP contribution in [0, 0.1) is 0 Å². The van der Waals surface area contributed by atoms with Gasteiger partial charge in [0, 0.05) is 5.92 Å². The van der Waals surface area contributed by atoms with Crippen LogP contribution in [0.1, 0.15) is 23.8 Å². The molecule has 0 saturated heterocycles. The highest BCUT2D eigenvalue weighted by atomic mass is 79.9. The molecule has 1 saturated carbocycles. The summed E-state index contributed by atoms with van der Waals surface area (Å²) in [6, 6.07) is 0. The monoisotopic (exact) mass is 204 g/mol. The summed E-state index contributed by atoms with van der Waals surface area (Å²) in [6.45, 7) is 0. The lowest BCUT2D eigenvalue weighted by Crippen LogP contribution is -1.74. The third-order valence-corrected chi connectivity index (χ3v) is 2.86. The Bertz CT molecular complexity index is 218. The maximum atomic E-state index is 4.00. The normalized spacial score (nSPS) is 18.3. The Morgan fingerprint density at radius 1 is 1.44 bits per heavy atom. The van der Waals surface area contributed by atoms with Gasteiger partial charge in [-0.3, -0.25) is 0 Å². The number of aromatic nitrogens is 2. The molecule has 2 rings (SSSR count). The van der Waals surface area contributed by atoms with Crippen molar-refractivity contribution in [1.82, 2.24) is 10.2 Å². The first-order valence-corrected chi connectivity index (χ1v) is 4.46. The van der Waals surface area contributed by atoms with Crippen LogP contribution < -0.4 is 0 Å². The molecule has 0 aromatic carbocycles. The molecule has 48 valence electrons. The summed E-state index contributed by atoms with van der Waals surface area (Å²) in [5.41, 5.74) is 0. The molecule has 0 amide bonds. The van der Waals surface area contributed by atoms with Crippen molar-refractivity contribution in [2.75, 3.05) is 0 Å². The van der Waals surface area contributed by atoms with E-state index in [9.17, 15) is 0 Å². The van der Waals surface area contributed by atoms with Crippen molar-refractivity contribution < 1.29 is 0 Å². The minimum Gasteiger partial charge on any atom is -0.142 e. The fraction of sp³-hybridized carbons (Fsp3) is 0.600. The first kappa shape index (κ1) is 5.80. The molecule has 1 aliphatic carbocycles. The Kier molecular flexibility index (Phi) is 1.30. The van der Waals surface area contributed by atoms with Crippen LogP contribution >= 0.6 is 27.3 Å². The first-order chi connectivity index (χ1) is 4.36. The van der Waals surface area contributed by atoms with Gasteiger partial charge < -0.3 is 0 Å². The molecule has 0 unspecified atom stereocenters. The summed E-state index contributed by atoms with van der Waals surface area (Å²) in [4.78, 5) is 0. The van der Waals surface area contributed by atoms with Gasteiger partial charge in [-0.2, -0.15) is 0 Å². The smallest absolute Gasteiger partial charge is 0.142 e. The van der Waals surface area contributed by atoms with Gasteiger partial charge in [-0.15, -0.1) is 10.2 Å². The molecule has 9 heavy (non-hydrogen) atoms. The Balaban J connectivity index is 2.28. The van der Waals surface area contributed by atoms with E-state index in [1.54, 1.807) is 11.3 Å². The molecule has 0 N–H and O–H groups in total. The number of rotatable bonds is 1. The average molecular weight is 205 g/mol. The van der Waals surface area contributed by atoms with Crippen LogP contribution in [0.15, 0.2) is 3.92 Å². The standard InChI is InChI=1S/C5H5BrN2S/c6-5-8-7-4(9-5)3-1-2-3/h3H,1-2H2. The van der Waals surface area contributed by atoms with Crippen LogP contribution in [-0.4, -0.2) is 10.2 Å². The van der Waals surface area contributed by atoms with Crippen LogP contribution in [0.2, 0.25) is 0 Å². The topological polar surface area (TPSA) is 25.8 Å². The van der Waals surface area contributed by atoms with Gasteiger partial charge in [-0.1, -0.05) is 11.3 Å². The lowest BCUT2D eigenvalue weighted by atomic mass is 10.5. The SMILES string of the molecule is Brc1nnc(C2CC2)s1. The number of hydrogen-bond acceptors (Lipinski definition) is 3. The van der Waals surface area contributed by atoms with Crippen LogP contribution in [0.4, 0.5) is 0 Å². The highest BCUT2D eigenvalue weighted by molar-refractivity contribution is 9.11. The van der Waals surface area contributed by atoms with E-state index in [0.717, 1.165) is 9.83 Å². The quantitative estimate of drug-likeness (QED) is 0.702. The van der Waals surface area contributed by atoms with Crippen molar-refractivity contribution in [3.05, 3.63) is 8.92 Å². The van der Waals surface area contributed by atoms with Gasteiger partial charge in [0.15, 0.2) is 3.92 Å². The third kappa shape index (κ3) is 1.14. The van der Waals surface area contributed by atoms with Crippen molar-refractivity contribution in [3.8, 4) is 0 Å². The third-order valence-electron chi connectivity index (χ3n) is 1.34. The van der Waals surface area contributed by atoms with E-state index in [0.29, 0.717) is 0 Å². The van der Waals surface area contributed by atoms with Crippen LogP contribution in [0.25, 0.3) is 0 Å². The maximum absolute atomic E-state index is 4.00. The maximum Gasteiger partial charge on any atom is 0.183 e. The summed E-state index contributed by atoms with van der Waals surface area (Å²) in [5, 5.41) is 9.06. The highest BCUT2D eigenvalue weighted by Gasteiger charge is 2.26. The minimum absolute atomic E-state index is 0.744. The number of nitrogens with zero attached hydrogens (tertiary/aromatic N) is 2. The molecule has 0 atom stereocenters. The molecule has 0 radical (unpaired) electrons. The molecule has 1 heterocycles. The lowest BCUT2D eigenvalue weighted by Gasteiger charge is -1.78. The summed E-state index contributed by atoms with van der Waals surface area (Å²) in [6.07, 6.45) is 2.61. The Hall–Kier alpha value is 0.0400. The van der Waals surface area contributed by atoms with E-state index in [2.05, 4.69) is 26.1 Å². The largest absolute Gasteiger partial charge is 0.183 e. The predicted octanol–water partition coefficient (Wildman–Crippen LogP) is 2.18.